The third kappa shape index (κ3) is 5.49. The predicted molar refractivity (Wildman–Crippen MR) is 60.6 cm³/mol. The summed E-state index contributed by atoms with van der Waals surface area (Å²) in [5.41, 5.74) is 1.12. The lowest BCUT2D eigenvalue weighted by molar-refractivity contribution is 0.0835. The maximum Gasteiger partial charge on any atom is 0.155 e. The fourth-order valence-electron chi connectivity index (χ4n) is 1.04. The fraction of sp³-hybridized carbons (Fsp3) is 0.400. The minimum Gasteiger partial charge on any atom is -0.375 e. The largest absolute Gasteiger partial charge is 0.375 e. The zero-order chi connectivity index (χ0) is 10.9. The molecule has 5 heteroatoms. The van der Waals surface area contributed by atoms with E-state index in [-0.39, 0.29) is 11.4 Å². The second kappa shape index (κ2) is 7.36. The van der Waals surface area contributed by atoms with Crippen LogP contribution in [0, 0.1) is 4.91 Å². The third-order valence-electron chi connectivity index (χ3n) is 1.72. The van der Waals surface area contributed by atoms with Crippen molar-refractivity contribution in [3.05, 3.63) is 40.8 Å². The van der Waals surface area contributed by atoms with Crippen LogP contribution >= 0.6 is 15.9 Å². The molecule has 4 nitrogen and oxygen atoms in total. The minimum absolute atomic E-state index is 0.0149. The van der Waals surface area contributed by atoms with Crippen molar-refractivity contribution in [1.82, 2.24) is 0 Å². The van der Waals surface area contributed by atoms with Crippen LogP contribution in [0.2, 0.25) is 0 Å². The molecule has 1 atom stereocenters. The summed E-state index contributed by atoms with van der Waals surface area (Å²) in [6.07, 6.45) is 0. The molecule has 1 unspecified atom stereocenters. The number of benzene rings is 1. The van der Waals surface area contributed by atoms with Crippen molar-refractivity contribution in [1.29, 1.82) is 0 Å². The zero-order valence-electron chi connectivity index (χ0n) is 8.14. The van der Waals surface area contributed by atoms with Gasteiger partial charge in [-0.2, -0.15) is 0 Å². The first kappa shape index (κ1) is 12.1. The van der Waals surface area contributed by atoms with Gasteiger partial charge in [-0.25, -0.2) is 0 Å². The molecule has 0 saturated heterocycles. The number of halogens is 1. The van der Waals surface area contributed by atoms with E-state index in [0.717, 1.165) is 5.56 Å². The molecular formula is C10H12BrNO3. The molecule has 1 aromatic rings. The van der Waals surface area contributed by atoms with Gasteiger partial charge in [0.25, 0.3) is 0 Å². The number of hydrogen-bond donors (Lipinski definition) is 0. The van der Waals surface area contributed by atoms with Gasteiger partial charge in [0.2, 0.25) is 0 Å². The highest BCUT2D eigenvalue weighted by atomic mass is 79.9. The highest BCUT2D eigenvalue weighted by Gasteiger charge is 2.05. The fourth-order valence-corrected chi connectivity index (χ4v) is 1.34. The Kier molecular flexibility index (Phi) is 5.96. The molecule has 0 heterocycles. The molecule has 0 aliphatic heterocycles. The van der Waals surface area contributed by atoms with Gasteiger partial charge in [0.15, 0.2) is 5.34 Å². The van der Waals surface area contributed by atoms with Crippen LogP contribution in [0.3, 0.4) is 0 Å². The van der Waals surface area contributed by atoms with Gasteiger partial charge in [-0.05, 0) is 5.56 Å². The quantitative estimate of drug-likeness (QED) is 0.436. The topological polar surface area (TPSA) is 47.9 Å². The minimum atomic E-state index is -0.0149. The lowest BCUT2D eigenvalue weighted by Gasteiger charge is -2.08. The van der Waals surface area contributed by atoms with Crippen LogP contribution < -0.4 is 0 Å². The van der Waals surface area contributed by atoms with E-state index in [1.807, 2.05) is 30.3 Å². The highest BCUT2D eigenvalue weighted by molar-refractivity contribution is 9.09. The summed E-state index contributed by atoms with van der Waals surface area (Å²) < 4.78 is 5.41. The first-order valence-corrected chi connectivity index (χ1v) is 5.45. The summed E-state index contributed by atoms with van der Waals surface area (Å²) >= 11 is 3.30. The molecule has 0 aliphatic carbocycles. The summed E-state index contributed by atoms with van der Waals surface area (Å²) in [5, 5.41) is 2.31. The summed E-state index contributed by atoms with van der Waals surface area (Å²) in [6, 6.07) is 9.87. The van der Waals surface area contributed by atoms with Crippen LogP contribution in [0.4, 0.5) is 0 Å². The lowest BCUT2D eigenvalue weighted by atomic mass is 10.2. The van der Waals surface area contributed by atoms with Crippen molar-refractivity contribution in [2.75, 3.05) is 13.2 Å². The van der Waals surface area contributed by atoms with Crippen molar-refractivity contribution in [3.8, 4) is 0 Å². The molecule has 0 fully saturated rings. The molecule has 0 aromatic heterocycles. The Labute approximate surface area is 96.6 Å². The molecule has 0 N–H and O–H groups in total. The first-order chi connectivity index (χ1) is 7.33. The van der Waals surface area contributed by atoms with E-state index in [0.29, 0.717) is 13.2 Å². The second-order valence-corrected chi connectivity index (χ2v) is 4.26. The Morgan fingerprint density at radius 1 is 1.27 bits per heavy atom. The third-order valence-corrected chi connectivity index (χ3v) is 2.25. The van der Waals surface area contributed by atoms with Crippen LogP contribution in [0.25, 0.3) is 0 Å². The van der Waals surface area contributed by atoms with Gasteiger partial charge in [0.1, 0.15) is 6.61 Å². The van der Waals surface area contributed by atoms with Crippen LogP contribution in [-0.4, -0.2) is 18.0 Å². The molecule has 1 rings (SSSR count). The normalized spacial score (nSPS) is 12.1. The van der Waals surface area contributed by atoms with E-state index in [9.17, 15) is 4.91 Å². The van der Waals surface area contributed by atoms with Gasteiger partial charge in [0.05, 0.1) is 18.0 Å². The molecule has 0 spiro atoms. The molecule has 0 radical (unpaired) electrons. The Morgan fingerprint density at radius 3 is 2.67 bits per heavy atom. The maximum absolute atomic E-state index is 9.67. The Morgan fingerprint density at radius 2 is 2.00 bits per heavy atom. The van der Waals surface area contributed by atoms with Crippen molar-refractivity contribution in [2.45, 2.75) is 11.4 Å². The molecular weight excluding hydrogens is 262 g/mol. The molecule has 0 saturated carbocycles. The van der Waals surface area contributed by atoms with Gasteiger partial charge < -0.3 is 9.57 Å². The van der Waals surface area contributed by atoms with E-state index in [1.54, 1.807) is 0 Å². The molecule has 0 bridgehead atoms. The summed E-state index contributed by atoms with van der Waals surface area (Å²) in [6.45, 7) is 1.25. The number of hydrogen-bond acceptors (Lipinski definition) is 4. The van der Waals surface area contributed by atoms with Crippen molar-refractivity contribution < 1.29 is 9.57 Å². The van der Waals surface area contributed by atoms with Crippen molar-refractivity contribution in [2.24, 2.45) is 5.34 Å². The van der Waals surface area contributed by atoms with Crippen LogP contribution in [-0.2, 0) is 16.2 Å². The van der Waals surface area contributed by atoms with E-state index in [1.165, 1.54) is 0 Å². The number of ether oxygens (including phenoxy) is 1. The molecule has 0 amide bonds. The van der Waals surface area contributed by atoms with Gasteiger partial charge in [-0.15, -0.1) is 4.91 Å². The summed E-state index contributed by atoms with van der Waals surface area (Å²) in [7, 11) is 0. The van der Waals surface area contributed by atoms with Crippen molar-refractivity contribution >= 4 is 15.9 Å². The highest BCUT2D eigenvalue weighted by Crippen LogP contribution is 2.05. The Balaban J connectivity index is 2.13. The van der Waals surface area contributed by atoms with Gasteiger partial charge in [-0.3, -0.25) is 0 Å². The van der Waals surface area contributed by atoms with Crippen LogP contribution in [0.1, 0.15) is 5.56 Å². The predicted octanol–water partition coefficient (Wildman–Crippen LogP) is 2.66. The average molecular weight is 274 g/mol. The first-order valence-electron chi connectivity index (χ1n) is 4.53. The summed E-state index contributed by atoms with van der Waals surface area (Å²) in [5.74, 6) is 0. The molecule has 1 aromatic carbocycles. The monoisotopic (exact) mass is 273 g/mol. The van der Waals surface area contributed by atoms with Gasteiger partial charge in [0, 0.05) is 0 Å². The lowest BCUT2D eigenvalue weighted by Crippen LogP contribution is -2.14. The number of nitrogens with zero attached hydrogens (tertiary/aromatic N) is 1. The Bertz CT molecular complexity index is 281. The summed E-state index contributed by atoms with van der Waals surface area (Å²) in [4.78, 5) is 14.0. The smallest absolute Gasteiger partial charge is 0.155 e. The molecule has 15 heavy (non-hydrogen) atoms. The van der Waals surface area contributed by atoms with E-state index >= 15 is 0 Å². The van der Waals surface area contributed by atoms with Gasteiger partial charge in [-0.1, -0.05) is 46.3 Å². The average Bonchev–Trinajstić information content (AvgIpc) is 2.28. The standard InChI is InChI=1S/C10H12BrNO3/c11-10(8-15-12-13)7-14-6-9-4-2-1-3-5-9/h1-5,10H,6-8H2. The van der Waals surface area contributed by atoms with E-state index in [4.69, 9.17) is 4.74 Å². The molecule has 0 aliphatic rings. The maximum atomic E-state index is 9.67. The molecule has 82 valence electrons. The van der Waals surface area contributed by atoms with Crippen molar-refractivity contribution in [3.63, 3.8) is 0 Å². The second-order valence-electron chi connectivity index (χ2n) is 2.97. The van der Waals surface area contributed by atoms with Gasteiger partial charge >= 0.3 is 0 Å². The Hall–Kier alpha value is -0.940. The number of rotatable bonds is 7. The SMILES string of the molecule is O=NOCC(Br)COCc1ccccc1. The van der Waals surface area contributed by atoms with Crippen LogP contribution in [0.5, 0.6) is 0 Å². The van der Waals surface area contributed by atoms with Crippen LogP contribution in [0.15, 0.2) is 35.7 Å². The zero-order valence-corrected chi connectivity index (χ0v) is 9.72. The van der Waals surface area contributed by atoms with E-state index in [2.05, 4.69) is 26.1 Å². The van der Waals surface area contributed by atoms with E-state index < -0.39 is 0 Å². The number of alkyl halides is 1.